The summed E-state index contributed by atoms with van der Waals surface area (Å²) in [7, 11) is 3.06. The Balaban J connectivity index is 2.85. The molecule has 0 saturated heterocycles. The first-order chi connectivity index (χ1) is 9.10. The zero-order valence-corrected chi connectivity index (χ0v) is 12.1. The summed E-state index contributed by atoms with van der Waals surface area (Å²) in [5, 5.41) is 3.32. The molecule has 0 radical (unpaired) electrons. The van der Waals surface area contributed by atoms with E-state index >= 15 is 0 Å². The zero-order chi connectivity index (χ0) is 14.3. The van der Waals surface area contributed by atoms with Gasteiger partial charge < -0.3 is 9.47 Å². The lowest BCUT2D eigenvalue weighted by atomic mass is 10.0. The van der Waals surface area contributed by atoms with Gasteiger partial charge in [0, 0.05) is 7.11 Å². The first kappa shape index (κ1) is 15.7. The number of esters is 1. The molecular formula is C15H23NO3. The number of ether oxygens (including phenoxy) is 2. The van der Waals surface area contributed by atoms with Crippen molar-refractivity contribution in [3.63, 3.8) is 0 Å². The average Bonchev–Trinajstić information content (AvgIpc) is 2.43. The van der Waals surface area contributed by atoms with Crippen molar-refractivity contribution in [1.29, 1.82) is 0 Å². The van der Waals surface area contributed by atoms with E-state index in [1.807, 2.05) is 44.2 Å². The lowest BCUT2D eigenvalue weighted by Crippen LogP contribution is -2.44. The van der Waals surface area contributed by atoms with Gasteiger partial charge in [-0.1, -0.05) is 44.2 Å². The fourth-order valence-electron chi connectivity index (χ4n) is 1.97. The van der Waals surface area contributed by atoms with E-state index in [0.717, 1.165) is 5.56 Å². The Morgan fingerprint density at radius 1 is 1.21 bits per heavy atom. The monoisotopic (exact) mass is 265 g/mol. The Morgan fingerprint density at radius 2 is 1.84 bits per heavy atom. The number of hydrogen-bond donors (Lipinski definition) is 1. The second-order valence-electron chi connectivity index (χ2n) is 4.83. The van der Waals surface area contributed by atoms with E-state index in [1.54, 1.807) is 7.11 Å². The molecule has 1 aromatic rings. The average molecular weight is 265 g/mol. The van der Waals surface area contributed by atoms with Crippen LogP contribution in [0.4, 0.5) is 0 Å². The van der Waals surface area contributed by atoms with Crippen LogP contribution >= 0.6 is 0 Å². The highest BCUT2D eigenvalue weighted by atomic mass is 16.5. The lowest BCUT2D eigenvalue weighted by Gasteiger charge is -2.26. The molecule has 0 fully saturated rings. The van der Waals surface area contributed by atoms with Gasteiger partial charge in [0.15, 0.2) is 0 Å². The molecule has 4 heteroatoms. The van der Waals surface area contributed by atoms with Crippen LogP contribution in [0.5, 0.6) is 0 Å². The normalized spacial score (nSPS) is 14.2. The highest BCUT2D eigenvalue weighted by Crippen LogP contribution is 2.16. The van der Waals surface area contributed by atoms with Crippen LogP contribution in [0.1, 0.15) is 25.5 Å². The van der Waals surface area contributed by atoms with Crippen molar-refractivity contribution in [2.24, 2.45) is 5.92 Å². The Kier molecular flexibility index (Phi) is 6.53. The van der Waals surface area contributed by atoms with Crippen molar-refractivity contribution >= 4 is 5.97 Å². The molecule has 1 rings (SSSR count). The number of benzene rings is 1. The predicted molar refractivity (Wildman–Crippen MR) is 74.8 cm³/mol. The van der Waals surface area contributed by atoms with Crippen LogP contribution in [0, 0.1) is 5.92 Å². The number of nitrogens with one attached hydrogen (secondary N) is 1. The summed E-state index contributed by atoms with van der Waals surface area (Å²) in [6.07, 6.45) is 0. The maximum Gasteiger partial charge on any atom is 0.323 e. The molecule has 0 saturated carbocycles. The standard InChI is InChI=1S/C15H23NO3/c1-11(2)14(15(17)19-4)16-13(10-18-3)12-8-6-5-7-9-12/h5-9,11,13-14,16H,10H2,1-4H3/t13?,14-/m0/s1. The molecule has 2 atom stereocenters. The van der Waals surface area contributed by atoms with Crippen LogP contribution in [0.25, 0.3) is 0 Å². The van der Waals surface area contributed by atoms with Gasteiger partial charge in [-0.2, -0.15) is 0 Å². The van der Waals surface area contributed by atoms with Crippen LogP contribution < -0.4 is 5.32 Å². The highest BCUT2D eigenvalue weighted by molar-refractivity contribution is 5.76. The quantitative estimate of drug-likeness (QED) is 0.768. The van der Waals surface area contributed by atoms with Gasteiger partial charge in [-0.05, 0) is 11.5 Å². The van der Waals surface area contributed by atoms with Gasteiger partial charge in [0.05, 0.1) is 19.8 Å². The van der Waals surface area contributed by atoms with Crippen molar-refractivity contribution in [1.82, 2.24) is 5.32 Å². The highest BCUT2D eigenvalue weighted by Gasteiger charge is 2.26. The van der Waals surface area contributed by atoms with Gasteiger partial charge in [0.25, 0.3) is 0 Å². The Hall–Kier alpha value is -1.39. The maximum atomic E-state index is 11.8. The van der Waals surface area contributed by atoms with E-state index in [9.17, 15) is 4.79 Å². The van der Waals surface area contributed by atoms with Crippen LogP contribution in [0.3, 0.4) is 0 Å². The molecule has 1 N–H and O–H groups in total. The molecule has 19 heavy (non-hydrogen) atoms. The summed E-state index contributed by atoms with van der Waals surface area (Å²) in [6, 6.07) is 9.58. The Labute approximate surface area is 115 Å². The number of rotatable bonds is 7. The Morgan fingerprint density at radius 3 is 2.32 bits per heavy atom. The SMILES string of the molecule is COCC(N[C@H](C(=O)OC)C(C)C)c1ccccc1. The summed E-state index contributed by atoms with van der Waals surface area (Å²) in [6.45, 7) is 4.48. The smallest absolute Gasteiger partial charge is 0.323 e. The molecule has 0 bridgehead atoms. The first-order valence-corrected chi connectivity index (χ1v) is 6.48. The number of methoxy groups -OCH3 is 2. The van der Waals surface area contributed by atoms with Crippen molar-refractivity contribution in [3.05, 3.63) is 35.9 Å². The van der Waals surface area contributed by atoms with E-state index in [-0.39, 0.29) is 24.0 Å². The van der Waals surface area contributed by atoms with Gasteiger partial charge >= 0.3 is 5.97 Å². The van der Waals surface area contributed by atoms with E-state index in [2.05, 4.69) is 5.32 Å². The minimum absolute atomic E-state index is 0.0299. The van der Waals surface area contributed by atoms with Gasteiger partial charge in [-0.25, -0.2) is 0 Å². The molecule has 4 nitrogen and oxygen atoms in total. The van der Waals surface area contributed by atoms with Crippen molar-refractivity contribution in [2.75, 3.05) is 20.8 Å². The van der Waals surface area contributed by atoms with Crippen molar-refractivity contribution in [2.45, 2.75) is 25.9 Å². The molecule has 1 aromatic carbocycles. The molecular weight excluding hydrogens is 242 g/mol. The third-order valence-electron chi connectivity index (χ3n) is 3.04. The topological polar surface area (TPSA) is 47.6 Å². The second kappa shape index (κ2) is 7.92. The van der Waals surface area contributed by atoms with Gasteiger partial charge in [-0.15, -0.1) is 0 Å². The minimum Gasteiger partial charge on any atom is -0.468 e. The number of carbonyl (C=O) groups excluding carboxylic acids is 1. The summed E-state index contributed by atoms with van der Waals surface area (Å²) in [5.74, 6) is -0.0949. The van der Waals surface area contributed by atoms with Gasteiger partial charge in [0.2, 0.25) is 0 Å². The summed E-state index contributed by atoms with van der Waals surface area (Å²) >= 11 is 0. The molecule has 0 aromatic heterocycles. The Bertz CT molecular complexity index is 378. The van der Waals surface area contributed by atoms with Crippen LogP contribution in [-0.2, 0) is 14.3 Å². The van der Waals surface area contributed by atoms with Crippen LogP contribution in [0.15, 0.2) is 30.3 Å². The minimum atomic E-state index is -0.342. The summed E-state index contributed by atoms with van der Waals surface area (Å²) in [5.41, 5.74) is 1.10. The van der Waals surface area contributed by atoms with Crippen molar-refractivity contribution < 1.29 is 14.3 Å². The molecule has 0 spiro atoms. The van der Waals surface area contributed by atoms with Gasteiger partial charge in [0.1, 0.15) is 6.04 Å². The molecule has 0 aliphatic carbocycles. The second-order valence-corrected chi connectivity index (χ2v) is 4.83. The third kappa shape index (κ3) is 4.65. The van der Waals surface area contributed by atoms with E-state index in [4.69, 9.17) is 9.47 Å². The van der Waals surface area contributed by atoms with Crippen LogP contribution in [-0.4, -0.2) is 32.8 Å². The first-order valence-electron chi connectivity index (χ1n) is 6.48. The molecule has 0 heterocycles. The summed E-state index contributed by atoms with van der Waals surface area (Å²) in [4.78, 5) is 11.8. The molecule has 0 amide bonds. The van der Waals surface area contributed by atoms with Gasteiger partial charge in [-0.3, -0.25) is 10.1 Å². The molecule has 106 valence electrons. The third-order valence-corrected chi connectivity index (χ3v) is 3.04. The molecule has 1 unspecified atom stereocenters. The zero-order valence-electron chi connectivity index (χ0n) is 12.1. The largest absolute Gasteiger partial charge is 0.468 e. The molecule has 0 aliphatic rings. The fraction of sp³-hybridized carbons (Fsp3) is 0.533. The fourth-order valence-corrected chi connectivity index (χ4v) is 1.97. The van der Waals surface area contributed by atoms with Crippen molar-refractivity contribution in [3.8, 4) is 0 Å². The lowest BCUT2D eigenvalue weighted by molar-refractivity contribution is -0.144. The maximum absolute atomic E-state index is 11.8. The van der Waals surface area contributed by atoms with Crippen LogP contribution in [0.2, 0.25) is 0 Å². The predicted octanol–water partition coefficient (Wildman–Crippen LogP) is 2.16. The number of hydrogen-bond acceptors (Lipinski definition) is 4. The molecule has 0 aliphatic heterocycles. The van der Waals surface area contributed by atoms with E-state index in [0.29, 0.717) is 6.61 Å². The van der Waals surface area contributed by atoms with E-state index < -0.39 is 0 Å². The number of carbonyl (C=O) groups is 1. The van der Waals surface area contributed by atoms with E-state index in [1.165, 1.54) is 7.11 Å². The summed E-state index contributed by atoms with van der Waals surface area (Å²) < 4.78 is 10.1.